The maximum absolute atomic E-state index is 5.20. The van der Waals surface area contributed by atoms with Crippen LogP contribution in [-0.4, -0.2) is 18.6 Å². The van der Waals surface area contributed by atoms with Crippen molar-refractivity contribution in [2.45, 2.75) is 32.7 Å². The summed E-state index contributed by atoms with van der Waals surface area (Å²) in [5, 5.41) is 3.57. The lowest BCUT2D eigenvalue weighted by Crippen LogP contribution is -2.22. The zero-order valence-electron chi connectivity index (χ0n) is 13.1. The number of pyridine rings is 1. The fraction of sp³-hybridized carbons (Fsp3) is 0.389. The number of nitrogens with zero attached hydrogens (tertiary/aromatic N) is 1. The van der Waals surface area contributed by atoms with Crippen LogP contribution in [0, 0.1) is 6.92 Å². The predicted molar refractivity (Wildman–Crippen MR) is 86.7 cm³/mol. The maximum Gasteiger partial charge on any atom is 0.118 e. The van der Waals surface area contributed by atoms with Crippen molar-refractivity contribution in [1.82, 2.24) is 10.3 Å². The summed E-state index contributed by atoms with van der Waals surface area (Å²) < 4.78 is 5.20. The van der Waals surface area contributed by atoms with Crippen LogP contribution in [0.25, 0.3) is 0 Å². The van der Waals surface area contributed by atoms with Crippen LogP contribution in [-0.2, 0) is 6.42 Å². The second-order valence-electron chi connectivity index (χ2n) is 5.23. The molecule has 2 aromatic rings. The SMILES string of the molecule is CCNC(CCc1ccc(OC)cc1)c1cnccc1C. The summed E-state index contributed by atoms with van der Waals surface area (Å²) in [4.78, 5) is 4.27. The summed E-state index contributed by atoms with van der Waals surface area (Å²) in [6, 6.07) is 10.7. The molecule has 21 heavy (non-hydrogen) atoms. The molecule has 0 spiro atoms. The number of rotatable bonds is 7. The quantitative estimate of drug-likeness (QED) is 0.842. The first kappa shape index (κ1) is 15.5. The highest BCUT2D eigenvalue weighted by Gasteiger charge is 2.12. The molecule has 1 aromatic heterocycles. The minimum absolute atomic E-state index is 0.353. The normalized spacial score (nSPS) is 12.1. The van der Waals surface area contributed by atoms with E-state index in [9.17, 15) is 0 Å². The first-order valence-corrected chi connectivity index (χ1v) is 7.51. The highest BCUT2D eigenvalue weighted by Crippen LogP contribution is 2.22. The Labute approximate surface area is 127 Å². The number of aryl methyl sites for hydroxylation is 2. The summed E-state index contributed by atoms with van der Waals surface area (Å²) in [5.74, 6) is 0.907. The van der Waals surface area contributed by atoms with Gasteiger partial charge in [0.15, 0.2) is 0 Å². The predicted octanol–water partition coefficient (Wildman–Crippen LogP) is 3.68. The van der Waals surface area contributed by atoms with Crippen LogP contribution in [0.2, 0.25) is 0 Å². The Hall–Kier alpha value is -1.87. The van der Waals surface area contributed by atoms with Gasteiger partial charge in [-0.25, -0.2) is 0 Å². The van der Waals surface area contributed by atoms with E-state index in [1.165, 1.54) is 16.7 Å². The molecule has 0 saturated carbocycles. The van der Waals surface area contributed by atoms with Crippen molar-refractivity contribution in [3.05, 3.63) is 59.4 Å². The molecule has 0 bridgehead atoms. The van der Waals surface area contributed by atoms with Crippen LogP contribution in [0.1, 0.15) is 36.1 Å². The van der Waals surface area contributed by atoms with E-state index < -0.39 is 0 Å². The second-order valence-corrected chi connectivity index (χ2v) is 5.23. The minimum atomic E-state index is 0.353. The first-order valence-electron chi connectivity index (χ1n) is 7.51. The van der Waals surface area contributed by atoms with Gasteiger partial charge in [-0.1, -0.05) is 19.1 Å². The van der Waals surface area contributed by atoms with Crippen molar-refractivity contribution in [3.63, 3.8) is 0 Å². The van der Waals surface area contributed by atoms with E-state index in [0.717, 1.165) is 25.1 Å². The Balaban J connectivity index is 2.04. The van der Waals surface area contributed by atoms with Gasteiger partial charge in [0.1, 0.15) is 5.75 Å². The van der Waals surface area contributed by atoms with Crippen LogP contribution in [0.5, 0.6) is 5.75 Å². The van der Waals surface area contributed by atoms with E-state index in [4.69, 9.17) is 4.74 Å². The zero-order valence-corrected chi connectivity index (χ0v) is 13.1. The van der Waals surface area contributed by atoms with Gasteiger partial charge in [0.05, 0.1) is 7.11 Å². The molecular weight excluding hydrogens is 260 g/mol. The number of nitrogens with one attached hydrogen (secondary N) is 1. The maximum atomic E-state index is 5.20. The Kier molecular flexibility index (Phi) is 5.76. The Bertz CT molecular complexity index is 551. The summed E-state index contributed by atoms with van der Waals surface area (Å²) in [5.41, 5.74) is 3.93. The Morgan fingerprint density at radius 1 is 1.19 bits per heavy atom. The smallest absolute Gasteiger partial charge is 0.118 e. The van der Waals surface area contributed by atoms with Crippen LogP contribution in [0.15, 0.2) is 42.7 Å². The molecule has 0 saturated heterocycles. The molecule has 1 aromatic carbocycles. The van der Waals surface area contributed by atoms with E-state index in [0.29, 0.717) is 6.04 Å². The van der Waals surface area contributed by atoms with Gasteiger partial charge >= 0.3 is 0 Å². The van der Waals surface area contributed by atoms with Crippen molar-refractivity contribution >= 4 is 0 Å². The third kappa shape index (κ3) is 4.30. The topological polar surface area (TPSA) is 34.1 Å². The lowest BCUT2D eigenvalue weighted by Gasteiger charge is -2.20. The van der Waals surface area contributed by atoms with Gasteiger partial charge in [0, 0.05) is 18.4 Å². The first-order chi connectivity index (χ1) is 10.2. The fourth-order valence-electron chi connectivity index (χ4n) is 2.56. The third-order valence-corrected chi connectivity index (χ3v) is 3.79. The standard InChI is InChI=1S/C18H24N2O/c1-4-20-18(17-13-19-12-11-14(17)2)10-7-15-5-8-16(21-3)9-6-15/h5-6,8-9,11-13,18,20H,4,7,10H2,1-3H3. The molecule has 0 radical (unpaired) electrons. The fourth-order valence-corrected chi connectivity index (χ4v) is 2.56. The summed E-state index contributed by atoms with van der Waals surface area (Å²) in [6.07, 6.45) is 5.94. The molecular formula is C18H24N2O. The van der Waals surface area contributed by atoms with E-state index >= 15 is 0 Å². The number of aromatic nitrogens is 1. The van der Waals surface area contributed by atoms with Crippen molar-refractivity contribution in [1.29, 1.82) is 0 Å². The van der Waals surface area contributed by atoms with E-state index in [-0.39, 0.29) is 0 Å². The number of benzene rings is 1. The van der Waals surface area contributed by atoms with Crippen molar-refractivity contribution < 1.29 is 4.74 Å². The number of methoxy groups -OCH3 is 1. The van der Waals surface area contributed by atoms with Crippen molar-refractivity contribution in [2.75, 3.05) is 13.7 Å². The average Bonchev–Trinajstić information content (AvgIpc) is 2.53. The van der Waals surface area contributed by atoms with E-state index in [2.05, 4.69) is 42.3 Å². The second kappa shape index (κ2) is 7.79. The van der Waals surface area contributed by atoms with Gasteiger partial charge in [-0.15, -0.1) is 0 Å². The summed E-state index contributed by atoms with van der Waals surface area (Å²) >= 11 is 0. The number of hydrogen-bond acceptors (Lipinski definition) is 3. The lowest BCUT2D eigenvalue weighted by atomic mass is 9.97. The van der Waals surface area contributed by atoms with E-state index in [1.807, 2.05) is 24.5 Å². The Morgan fingerprint density at radius 2 is 1.95 bits per heavy atom. The van der Waals surface area contributed by atoms with Crippen LogP contribution < -0.4 is 10.1 Å². The van der Waals surface area contributed by atoms with E-state index in [1.54, 1.807) is 7.11 Å². The average molecular weight is 284 g/mol. The number of ether oxygens (including phenoxy) is 1. The van der Waals surface area contributed by atoms with Gasteiger partial charge < -0.3 is 10.1 Å². The molecule has 0 aliphatic heterocycles. The molecule has 2 rings (SSSR count). The molecule has 3 nitrogen and oxygen atoms in total. The summed E-state index contributed by atoms with van der Waals surface area (Å²) in [7, 11) is 1.70. The highest BCUT2D eigenvalue weighted by molar-refractivity contribution is 5.28. The molecule has 0 fully saturated rings. The molecule has 3 heteroatoms. The molecule has 1 heterocycles. The molecule has 1 N–H and O–H groups in total. The van der Waals surface area contributed by atoms with Gasteiger partial charge in [-0.3, -0.25) is 4.98 Å². The molecule has 1 unspecified atom stereocenters. The van der Waals surface area contributed by atoms with Gasteiger partial charge in [-0.05, 0) is 61.2 Å². The molecule has 112 valence electrons. The zero-order chi connectivity index (χ0) is 15.1. The Morgan fingerprint density at radius 3 is 2.57 bits per heavy atom. The molecule has 0 amide bonds. The minimum Gasteiger partial charge on any atom is -0.497 e. The highest BCUT2D eigenvalue weighted by atomic mass is 16.5. The number of hydrogen-bond donors (Lipinski definition) is 1. The molecule has 1 atom stereocenters. The largest absolute Gasteiger partial charge is 0.497 e. The monoisotopic (exact) mass is 284 g/mol. The molecule has 0 aliphatic carbocycles. The van der Waals surface area contributed by atoms with Gasteiger partial charge in [0.25, 0.3) is 0 Å². The van der Waals surface area contributed by atoms with Crippen LogP contribution in [0.3, 0.4) is 0 Å². The van der Waals surface area contributed by atoms with Crippen molar-refractivity contribution in [3.8, 4) is 5.75 Å². The summed E-state index contributed by atoms with van der Waals surface area (Å²) in [6.45, 7) is 5.25. The van der Waals surface area contributed by atoms with Crippen LogP contribution >= 0.6 is 0 Å². The third-order valence-electron chi connectivity index (χ3n) is 3.79. The van der Waals surface area contributed by atoms with Crippen LogP contribution in [0.4, 0.5) is 0 Å². The molecule has 0 aliphatic rings. The van der Waals surface area contributed by atoms with Gasteiger partial charge in [-0.2, -0.15) is 0 Å². The van der Waals surface area contributed by atoms with Crippen molar-refractivity contribution in [2.24, 2.45) is 0 Å². The lowest BCUT2D eigenvalue weighted by molar-refractivity contribution is 0.414. The van der Waals surface area contributed by atoms with Gasteiger partial charge in [0.2, 0.25) is 0 Å².